The van der Waals surface area contributed by atoms with Crippen LogP contribution in [-0.4, -0.2) is 18.9 Å². The molecule has 0 aromatic heterocycles. The van der Waals surface area contributed by atoms with Gasteiger partial charge in [0.15, 0.2) is 0 Å². The number of ketones is 1. The highest BCUT2D eigenvalue weighted by molar-refractivity contribution is 5.79. The second-order valence-electron chi connectivity index (χ2n) is 10.6. The second kappa shape index (κ2) is 7.61. The zero-order chi connectivity index (χ0) is 20.1. The van der Waals surface area contributed by atoms with Crippen LogP contribution < -0.4 is 0 Å². The van der Waals surface area contributed by atoms with Crippen LogP contribution in [0, 0.1) is 40.9 Å². The smallest absolute Gasteiger partial charge is 0.305 e. The predicted octanol–water partition coefficient (Wildman–Crippen LogP) is 5.72. The minimum absolute atomic E-state index is 0.0816. The maximum absolute atomic E-state index is 12.1. The van der Waals surface area contributed by atoms with Crippen LogP contribution in [-0.2, 0) is 14.3 Å². The lowest BCUT2D eigenvalue weighted by molar-refractivity contribution is -0.140. The number of hydrogen-bond acceptors (Lipinski definition) is 3. The van der Waals surface area contributed by atoms with Crippen molar-refractivity contribution in [3.8, 4) is 0 Å². The van der Waals surface area contributed by atoms with Crippen molar-refractivity contribution in [3.63, 3.8) is 0 Å². The molecule has 7 atom stereocenters. The van der Waals surface area contributed by atoms with Gasteiger partial charge < -0.3 is 4.74 Å². The molecular formula is C25H38O3. The van der Waals surface area contributed by atoms with Gasteiger partial charge in [-0.25, -0.2) is 0 Å². The Hall–Kier alpha value is -1.12. The molecule has 0 aromatic carbocycles. The van der Waals surface area contributed by atoms with Crippen LogP contribution in [0.4, 0.5) is 0 Å². The molecule has 4 aliphatic rings. The number of fused-ring (bicyclic) bond motifs is 5. The SMILES string of the molecule is COC(=O)CC[C@@H](C)C1=C2[C@H](C)C[C@H]3[C@@H](CC[C@@H]4CC(=O)CC[C@@]43C)[C@@H]2CC1. The zero-order valence-electron chi connectivity index (χ0n) is 18.3. The van der Waals surface area contributed by atoms with Gasteiger partial charge in [0.25, 0.3) is 0 Å². The molecule has 3 fully saturated rings. The summed E-state index contributed by atoms with van der Waals surface area (Å²) in [6, 6.07) is 0. The number of hydrogen-bond donors (Lipinski definition) is 0. The van der Waals surface area contributed by atoms with Crippen LogP contribution >= 0.6 is 0 Å². The Balaban J connectivity index is 1.55. The predicted molar refractivity (Wildman–Crippen MR) is 111 cm³/mol. The molecule has 3 heteroatoms. The topological polar surface area (TPSA) is 43.4 Å². The van der Waals surface area contributed by atoms with Gasteiger partial charge in [-0.3, -0.25) is 9.59 Å². The molecule has 0 heterocycles. The Morgan fingerprint density at radius 3 is 2.79 bits per heavy atom. The molecule has 0 unspecified atom stereocenters. The molecule has 0 saturated heterocycles. The van der Waals surface area contributed by atoms with Crippen LogP contribution in [0.2, 0.25) is 0 Å². The minimum atomic E-state index is -0.0816. The lowest BCUT2D eigenvalue weighted by Gasteiger charge is -2.58. The van der Waals surface area contributed by atoms with Crippen LogP contribution in [0.1, 0.15) is 85.0 Å². The zero-order valence-corrected chi connectivity index (χ0v) is 18.3. The second-order valence-corrected chi connectivity index (χ2v) is 10.6. The molecule has 0 radical (unpaired) electrons. The minimum Gasteiger partial charge on any atom is -0.469 e. The van der Waals surface area contributed by atoms with Gasteiger partial charge in [0.1, 0.15) is 5.78 Å². The number of Topliss-reactive ketones (excluding diaryl/α,β-unsaturated/α-hetero) is 1. The van der Waals surface area contributed by atoms with Crippen molar-refractivity contribution in [1.82, 2.24) is 0 Å². The molecule has 0 amide bonds. The average Bonchev–Trinajstić information content (AvgIpc) is 3.13. The van der Waals surface area contributed by atoms with E-state index in [4.69, 9.17) is 4.74 Å². The van der Waals surface area contributed by atoms with E-state index in [0.29, 0.717) is 35.4 Å². The highest BCUT2D eigenvalue weighted by atomic mass is 16.5. The molecule has 0 spiro atoms. The highest BCUT2D eigenvalue weighted by Crippen LogP contribution is 2.64. The Bertz CT molecular complexity index is 677. The van der Waals surface area contributed by atoms with E-state index in [0.717, 1.165) is 43.4 Å². The third-order valence-corrected chi connectivity index (χ3v) is 9.32. The van der Waals surface area contributed by atoms with E-state index in [9.17, 15) is 9.59 Å². The Labute approximate surface area is 170 Å². The van der Waals surface area contributed by atoms with Gasteiger partial charge in [0.05, 0.1) is 7.11 Å². The molecule has 0 aromatic rings. The Morgan fingerprint density at radius 2 is 2.04 bits per heavy atom. The third kappa shape index (κ3) is 3.27. The van der Waals surface area contributed by atoms with Crippen LogP contribution in [0.25, 0.3) is 0 Å². The van der Waals surface area contributed by atoms with Gasteiger partial charge in [-0.05, 0) is 85.9 Å². The maximum Gasteiger partial charge on any atom is 0.305 e. The number of esters is 1. The fourth-order valence-electron chi connectivity index (χ4n) is 7.78. The fraction of sp³-hybridized carbons (Fsp3) is 0.840. The van der Waals surface area contributed by atoms with Crippen LogP contribution in [0.15, 0.2) is 11.1 Å². The highest BCUT2D eigenvalue weighted by Gasteiger charge is 2.55. The molecule has 3 saturated carbocycles. The number of carbonyl (C=O) groups excluding carboxylic acids is 2. The first kappa shape index (κ1) is 20.2. The molecule has 0 N–H and O–H groups in total. The van der Waals surface area contributed by atoms with Crippen molar-refractivity contribution in [2.24, 2.45) is 40.9 Å². The van der Waals surface area contributed by atoms with E-state index in [1.54, 1.807) is 11.1 Å². The molecule has 0 bridgehead atoms. The standard InChI is InChI=1S/C25H38O3/c1-15(5-10-23(27)28-4)19-8-9-21-20-7-6-17-14-18(26)11-12-25(17,3)22(20)13-16(2)24(19)21/h15-17,20-22H,5-14H2,1-4H3/t15-,16-,17-,20+,21+,22+,25+/m1/s1. The van der Waals surface area contributed by atoms with Gasteiger partial charge in [-0.15, -0.1) is 0 Å². The van der Waals surface area contributed by atoms with E-state index in [-0.39, 0.29) is 5.97 Å². The maximum atomic E-state index is 12.1. The van der Waals surface area contributed by atoms with Gasteiger partial charge >= 0.3 is 5.97 Å². The largest absolute Gasteiger partial charge is 0.469 e. The summed E-state index contributed by atoms with van der Waals surface area (Å²) in [5, 5.41) is 0. The first-order valence-corrected chi connectivity index (χ1v) is 11.7. The first-order valence-electron chi connectivity index (χ1n) is 11.7. The fourth-order valence-corrected chi connectivity index (χ4v) is 7.78. The normalized spacial score (nSPS) is 41.1. The summed E-state index contributed by atoms with van der Waals surface area (Å²) in [7, 11) is 1.49. The summed E-state index contributed by atoms with van der Waals surface area (Å²) in [6.07, 6.45) is 10.7. The van der Waals surface area contributed by atoms with Crippen molar-refractivity contribution in [2.75, 3.05) is 7.11 Å². The number of ether oxygens (including phenoxy) is 1. The first-order chi connectivity index (χ1) is 13.3. The number of allylic oxidation sites excluding steroid dienone is 2. The summed E-state index contributed by atoms with van der Waals surface area (Å²) in [5.74, 6) is 4.61. The lowest BCUT2D eigenvalue weighted by Crippen LogP contribution is -2.51. The van der Waals surface area contributed by atoms with Gasteiger partial charge in [-0.1, -0.05) is 31.9 Å². The summed E-state index contributed by atoms with van der Waals surface area (Å²) in [5.41, 5.74) is 3.83. The molecule has 156 valence electrons. The van der Waals surface area contributed by atoms with E-state index >= 15 is 0 Å². The van der Waals surface area contributed by atoms with Crippen LogP contribution in [0.3, 0.4) is 0 Å². The molecule has 0 aliphatic heterocycles. The summed E-state index contributed by atoms with van der Waals surface area (Å²) in [4.78, 5) is 23.7. The van der Waals surface area contributed by atoms with Crippen molar-refractivity contribution in [2.45, 2.75) is 85.0 Å². The number of carbonyl (C=O) groups is 2. The molecule has 4 aliphatic carbocycles. The van der Waals surface area contributed by atoms with Gasteiger partial charge in [0, 0.05) is 19.3 Å². The summed E-state index contributed by atoms with van der Waals surface area (Å²) in [6.45, 7) is 7.30. The average molecular weight is 387 g/mol. The van der Waals surface area contributed by atoms with Crippen molar-refractivity contribution < 1.29 is 14.3 Å². The third-order valence-electron chi connectivity index (χ3n) is 9.32. The molecular weight excluding hydrogens is 348 g/mol. The quantitative estimate of drug-likeness (QED) is 0.458. The molecule has 4 rings (SSSR count). The van der Waals surface area contributed by atoms with E-state index in [1.807, 2.05) is 0 Å². The molecule has 3 nitrogen and oxygen atoms in total. The Kier molecular flexibility index (Phi) is 5.48. The van der Waals surface area contributed by atoms with E-state index < -0.39 is 0 Å². The lowest BCUT2D eigenvalue weighted by atomic mass is 9.46. The van der Waals surface area contributed by atoms with Crippen molar-refractivity contribution in [1.29, 1.82) is 0 Å². The monoisotopic (exact) mass is 386 g/mol. The van der Waals surface area contributed by atoms with E-state index in [1.165, 1.54) is 39.2 Å². The number of methoxy groups -OCH3 is 1. The molecule has 28 heavy (non-hydrogen) atoms. The van der Waals surface area contributed by atoms with Crippen molar-refractivity contribution >= 4 is 11.8 Å². The van der Waals surface area contributed by atoms with Crippen LogP contribution in [0.5, 0.6) is 0 Å². The number of rotatable bonds is 4. The van der Waals surface area contributed by atoms with E-state index in [2.05, 4.69) is 20.8 Å². The van der Waals surface area contributed by atoms with Crippen molar-refractivity contribution in [3.05, 3.63) is 11.1 Å². The van der Waals surface area contributed by atoms with Gasteiger partial charge in [0.2, 0.25) is 0 Å². The Morgan fingerprint density at radius 1 is 1.25 bits per heavy atom. The summed E-state index contributed by atoms with van der Waals surface area (Å²) >= 11 is 0. The van der Waals surface area contributed by atoms with Gasteiger partial charge in [-0.2, -0.15) is 0 Å². The summed E-state index contributed by atoms with van der Waals surface area (Å²) < 4.78 is 4.85.